The SMILES string of the molecule is Cc1cc(C(C)N(C)C)c(N)nn1. The van der Waals surface area contributed by atoms with Crippen LogP contribution in [0.15, 0.2) is 6.07 Å². The molecule has 1 aromatic heterocycles. The van der Waals surface area contributed by atoms with E-state index in [2.05, 4.69) is 22.0 Å². The van der Waals surface area contributed by atoms with E-state index in [-0.39, 0.29) is 6.04 Å². The van der Waals surface area contributed by atoms with Crippen LogP contribution in [-0.2, 0) is 0 Å². The summed E-state index contributed by atoms with van der Waals surface area (Å²) in [6.07, 6.45) is 0. The second-order valence-electron chi connectivity index (χ2n) is 3.47. The Labute approximate surface area is 78.8 Å². The molecular weight excluding hydrogens is 164 g/mol. The molecule has 0 aromatic carbocycles. The van der Waals surface area contributed by atoms with Gasteiger partial charge in [-0.2, -0.15) is 5.10 Å². The van der Waals surface area contributed by atoms with Gasteiger partial charge in [-0.1, -0.05) is 0 Å². The molecule has 1 heterocycles. The third-order valence-electron chi connectivity index (χ3n) is 2.20. The number of hydrogen-bond acceptors (Lipinski definition) is 4. The van der Waals surface area contributed by atoms with Gasteiger partial charge in [0.25, 0.3) is 0 Å². The highest BCUT2D eigenvalue weighted by atomic mass is 15.2. The Balaban J connectivity index is 3.05. The van der Waals surface area contributed by atoms with Crippen molar-refractivity contribution in [2.45, 2.75) is 19.9 Å². The number of nitrogens with two attached hydrogens (primary N) is 1. The molecule has 0 spiro atoms. The van der Waals surface area contributed by atoms with E-state index in [0.29, 0.717) is 5.82 Å². The lowest BCUT2D eigenvalue weighted by molar-refractivity contribution is 0.321. The molecule has 1 unspecified atom stereocenters. The number of aromatic nitrogens is 2. The van der Waals surface area contributed by atoms with E-state index < -0.39 is 0 Å². The Morgan fingerprint density at radius 3 is 2.54 bits per heavy atom. The van der Waals surface area contributed by atoms with Crippen molar-refractivity contribution < 1.29 is 0 Å². The predicted molar refractivity (Wildman–Crippen MR) is 53.3 cm³/mol. The molecule has 2 N–H and O–H groups in total. The molecule has 0 bridgehead atoms. The Morgan fingerprint density at radius 2 is 2.00 bits per heavy atom. The fourth-order valence-electron chi connectivity index (χ4n) is 1.13. The number of nitrogens with zero attached hydrogens (tertiary/aromatic N) is 3. The minimum atomic E-state index is 0.272. The highest BCUT2D eigenvalue weighted by Gasteiger charge is 2.12. The first-order valence-electron chi connectivity index (χ1n) is 4.28. The van der Waals surface area contributed by atoms with Gasteiger partial charge in [-0.25, -0.2) is 0 Å². The minimum absolute atomic E-state index is 0.272. The van der Waals surface area contributed by atoms with Gasteiger partial charge < -0.3 is 10.6 Å². The Hall–Kier alpha value is -1.16. The molecule has 0 radical (unpaired) electrons. The van der Waals surface area contributed by atoms with Gasteiger partial charge in [-0.3, -0.25) is 0 Å². The average molecular weight is 180 g/mol. The topological polar surface area (TPSA) is 55.0 Å². The maximum Gasteiger partial charge on any atom is 0.150 e. The molecule has 0 saturated carbocycles. The van der Waals surface area contributed by atoms with Crippen LogP contribution in [0.2, 0.25) is 0 Å². The van der Waals surface area contributed by atoms with E-state index in [1.54, 1.807) is 0 Å². The van der Waals surface area contributed by atoms with Gasteiger partial charge in [0.2, 0.25) is 0 Å². The first kappa shape index (κ1) is 9.92. The first-order valence-corrected chi connectivity index (χ1v) is 4.28. The summed E-state index contributed by atoms with van der Waals surface area (Å²) < 4.78 is 0. The zero-order valence-corrected chi connectivity index (χ0v) is 8.57. The summed E-state index contributed by atoms with van der Waals surface area (Å²) in [5.74, 6) is 0.520. The number of aryl methyl sites for hydroxylation is 1. The lowest BCUT2D eigenvalue weighted by Crippen LogP contribution is -2.19. The fraction of sp³-hybridized carbons (Fsp3) is 0.556. The van der Waals surface area contributed by atoms with Crippen molar-refractivity contribution >= 4 is 5.82 Å². The number of nitrogen functional groups attached to an aromatic ring is 1. The lowest BCUT2D eigenvalue weighted by Gasteiger charge is -2.20. The van der Waals surface area contributed by atoms with Gasteiger partial charge >= 0.3 is 0 Å². The van der Waals surface area contributed by atoms with Gasteiger partial charge in [-0.15, -0.1) is 5.10 Å². The van der Waals surface area contributed by atoms with Crippen LogP contribution in [0.25, 0.3) is 0 Å². The summed E-state index contributed by atoms with van der Waals surface area (Å²) in [6.45, 7) is 4.01. The smallest absolute Gasteiger partial charge is 0.150 e. The van der Waals surface area contributed by atoms with Crippen LogP contribution in [0.5, 0.6) is 0 Å². The van der Waals surface area contributed by atoms with Crippen LogP contribution in [0.1, 0.15) is 24.2 Å². The first-order chi connectivity index (χ1) is 6.02. The predicted octanol–water partition coefficient (Wildman–Crippen LogP) is 0.990. The van der Waals surface area contributed by atoms with Crippen LogP contribution in [0.4, 0.5) is 5.82 Å². The minimum Gasteiger partial charge on any atom is -0.382 e. The molecule has 13 heavy (non-hydrogen) atoms. The van der Waals surface area contributed by atoms with Gasteiger partial charge in [0.05, 0.1) is 5.69 Å². The summed E-state index contributed by atoms with van der Waals surface area (Å²) in [5, 5.41) is 7.77. The average Bonchev–Trinajstić information content (AvgIpc) is 2.08. The van der Waals surface area contributed by atoms with Crippen molar-refractivity contribution in [1.82, 2.24) is 15.1 Å². The lowest BCUT2D eigenvalue weighted by atomic mass is 10.1. The zero-order valence-electron chi connectivity index (χ0n) is 8.57. The number of hydrogen-bond donors (Lipinski definition) is 1. The highest BCUT2D eigenvalue weighted by molar-refractivity contribution is 5.40. The molecule has 0 amide bonds. The summed E-state index contributed by atoms with van der Waals surface area (Å²) in [7, 11) is 4.03. The van der Waals surface area contributed by atoms with Crippen LogP contribution in [0.3, 0.4) is 0 Å². The van der Waals surface area contributed by atoms with Crippen LogP contribution < -0.4 is 5.73 Å². The Kier molecular flexibility index (Phi) is 2.83. The maximum absolute atomic E-state index is 5.73. The third-order valence-corrected chi connectivity index (χ3v) is 2.20. The van der Waals surface area contributed by atoms with Crippen molar-refractivity contribution in [2.75, 3.05) is 19.8 Å². The standard InChI is InChI=1S/C9H16N4/c1-6-5-8(7(2)13(3)4)9(10)12-11-6/h5,7H,1-4H3,(H2,10,12). The van der Waals surface area contributed by atoms with Gasteiger partial charge in [-0.05, 0) is 34.0 Å². The van der Waals surface area contributed by atoms with E-state index in [1.165, 1.54) is 0 Å². The summed E-state index contributed by atoms with van der Waals surface area (Å²) in [4.78, 5) is 2.09. The fourth-order valence-corrected chi connectivity index (χ4v) is 1.13. The molecule has 0 aliphatic heterocycles. The highest BCUT2D eigenvalue weighted by Crippen LogP contribution is 2.21. The molecule has 1 rings (SSSR count). The Bertz CT molecular complexity index is 296. The van der Waals surface area contributed by atoms with Gasteiger partial charge in [0, 0.05) is 11.6 Å². The maximum atomic E-state index is 5.73. The third kappa shape index (κ3) is 2.15. The largest absolute Gasteiger partial charge is 0.382 e. The quantitative estimate of drug-likeness (QED) is 0.737. The normalized spacial score (nSPS) is 13.3. The van der Waals surface area contributed by atoms with E-state index in [9.17, 15) is 0 Å². The Morgan fingerprint density at radius 1 is 1.38 bits per heavy atom. The van der Waals surface area contributed by atoms with Crippen LogP contribution in [0, 0.1) is 6.92 Å². The summed E-state index contributed by atoms with van der Waals surface area (Å²) >= 11 is 0. The van der Waals surface area contributed by atoms with Crippen LogP contribution >= 0.6 is 0 Å². The molecular formula is C9H16N4. The molecule has 4 heteroatoms. The van der Waals surface area contributed by atoms with Crippen LogP contribution in [-0.4, -0.2) is 29.2 Å². The van der Waals surface area contributed by atoms with Gasteiger partial charge in [0.15, 0.2) is 5.82 Å². The van der Waals surface area contributed by atoms with Gasteiger partial charge in [0.1, 0.15) is 0 Å². The molecule has 72 valence electrons. The summed E-state index contributed by atoms with van der Waals surface area (Å²) in [6, 6.07) is 2.25. The van der Waals surface area contributed by atoms with E-state index in [0.717, 1.165) is 11.3 Å². The van der Waals surface area contributed by atoms with E-state index in [1.807, 2.05) is 27.1 Å². The van der Waals surface area contributed by atoms with Crippen molar-refractivity contribution in [3.63, 3.8) is 0 Å². The van der Waals surface area contributed by atoms with Crippen molar-refractivity contribution in [3.05, 3.63) is 17.3 Å². The summed E-state index contributed by atoms with van der Waals surface area (Å²) in [5.41, 5.74) is 7.67. The number of anilines is 1. The second kappa shape index (κ2) is 3.70. The van der Waals surface area contributed by atoms with Crippen molar-refractivity contribution in [1.29, 1.82) is 0 Å². The second-order valence-corrected chi connectivity index (χ2v) is 3.47. The molecule has 0 saturated heterocycles. The molecule has 1 aromatic rings. The van der Waals surface area contributed by atoms with E-state index >= 15 is 0 Å². The number of rotatable bonds is 2. The monoisotopic (exact) mass is 180 g/mol. The van der Waals surface area contributed by atoms with E-state index in [4.69, 9.17) is 5.73 Å². The van der Waals surface area contributed by atoms with Crippen molar-refractivity contribution in [3.8, 4) is 0 Å². The van der Waals surface area contributed by atoms with Crippen molar-refractivity contribution in [2.24, 2.45) is 0 Å². The molecule has 0 aliphatic carbocycles. The molecule has 0 aliphatic rings. The molecule has 1 atom stereocenters. The zero-order chi connectivity index (χ0) is 10.0. The molecule has 4 nitrogen and oxygen atoms in total. The molecule has 0 fully saturated rings.